The smallest absolute Gasteiger partial charge is 0.133 e. The molecule has 0 unspecified atom stereocenters. The largest absolute Gasteiger partial charge is 0.496 e. The normalized spacial score (nSPS) is 10.0. The molecular weight excluding hydrogens is 256 g/mol. The summed E-state index contributed by atoms with van der Waals surface area (Å²) >= 11 is 3.45. The van der Waals surface area contributed by atoms with Crippen molar-refractivity contribution in [3.05, 3.63) is 28.2 Å². The second kappa shape index (κ2) is 6.62. The maximum atomic E-state index is 10.1. The van der Waals surface area contributed by atoms with E-state index in [4.69, 9.17) is 4.74 Å². The summed E-state index contributed by atoms with van der Waals surface area (Å²) in [5.41, 5.74) is 1.27. The van der Waals surface area contributed by atoms with Gasteiger partial charge in [0.25, 0.3) is 0 Å². The van der Waals surface area contributed by atoms with Crippen LogP contribution in [0.5, 0.6) is 5.75 Å². The van der Waals surface area contributed by atoms with Crippen LogP contribution in [0.15, 0.2) is 22.7 Å². The predicted molar refractivity (Wildman–Crippen MR) is 64.3 cm³/mol. The Hall–Kier alpha value is -0.830. The monoisotopic (exact) mass is 270 g/mol. The first-order valence-electron chi connectivity index (χ1n) is 5.04. The summed E-state index contributed by atoms with van der Waals surface area (Å²) in [5.74, 6) is 0.853. The summed E-state index contributed by atoms with van der Waals surface area (Å²) in [7, 11) is 1.66. The summed E-state index contributed by atoms with van der Waals surface area (Å²) in [5, 5.41) is 0. The molecule has 82 valence electrons. The number of aldehydes is 1. The molecule has 0 saturated heterocycles. The molecule has 0 amide bonds. The van der Waals surface area contributed by atoms with Gasteiger partial charge in [-0.15, -0.1) is 0 Å². The molecule has 0 aliphatic rings. The molecule has 0 aliphatic heterocycles. The molecule has 15 heavy (non-hydrogen) atoms. The highest BCUT2D eigenvalue weighted by Crippen LogP contribution is 2.26. The maximum Gasteiger partial charge on any atom is 0.133 e. The van der Waals surface area contributed by atoms with E-state index in [1.165, 1.54) is 5.56 Å². The Kier molecular flexibility index (Phi) is 5.40. The molecule has 0 heterocycles. The second-order valence-corrected chi connectivity index (χ2v) is 4.24. The average molecular weight is 271 g/mol. The number of halogens is 1. The summed E-state index contributed by atoms with van der Waals surface area (Å²) in [6.45, 7) is 0. The second-order valence-electron chi connectivity index (χ2n) is 3.38. The zero-order chi connectivity index (χ0) is 11.1. The number of ether oxygens (including phenoxy) is 1. The minimum Gasteiger partial charge on any atom is -0.496 e. The lowest BCUT2D eigenvalue weighted by Gasteiger charge is -2.05. The van der Waals surface area contributed by atoms with Gasteiger partial charge in [0.05, 0.1) is 11.6 Å². The van der Waals surface area contributed by atoms with Crippen LogP contribution >= 0.6 is 15.9 Å². The molecule has 0 saturated carbocycles. The first-order valence-corrected chi connectivity index (χ1v) is 5.83. The van der Waals surface area contributed by atoms with Crippen molar-refractivity contribution in [1.82, 2.24) is 0 Å². The fourth-order valence-electron chi connectivity index (χ4n) is 1.42. The molecule has 0 bridgehead atoms. The number of hydrogen-bond acceptors (Lipinski definition) is 2. The molecule has 0 fully saturated rings. The molecule has 0 atom stereocenters. The van der Waals surface area contributed by atoms with E-state index < -0.39 is 0 Å². The maximum absolute atomic E-state index is 10.1. The van der Waals surface area contributed by atoms with Crippen LogP contribution in [0.25, 0.3) is 0 Å². The van der Waals surface area contributed by atoms with Crippen LogP contribution in [0.4, 0.5) is 0 Å². The molecule has 0 aliphatic carbocycles. The van der Waals surface area contributed by atoms with Gasteiger partial charge >= 0.3 is 0 Å². The Balaban J connectivity index is 2.48. The molecule has 0 aromatic heterocycles. The Bertz CT molecular complexity index is 323. The van der Waals surface area contributed by atoms with Gasteiger partial charge in [0.15, 0.2) is 0 Å². The third-order valence-corrected chi connectivity index (χ3v) is 2.87. The highest BCUT2D eigenvalue weighted by molar-refractivity contribution is 9.10. The van der Waals surface area contributed by atoms with Crippen LogP contribution in [-0.4, -0.2) is 13.4 Å². The first kappa shape index (κ1) is 12.2. The van der Waals surface area contributed by atoms with E-state index in [1.54, 1.807) is 7.11 Å². The van der Waals surface area contributed by atoms with Crippen LogP contribution in [0.3, 0.4) is 0 Å². The van der Waals surface area contributed by atoms with Crippen molar-refractivity contribution >= 4 is 22.2 Å². The number of benzene rings is 1. The van der Waals surface area contributed by atoms with Gasteiger partial charge in [-0.05, 0) is 52.9 Å². The molecule has 1 rings (SSSR count). The van der Waals surface area contributed by atoms with E-state index in [-0.39, 0.29) is 0 Å². The topological polar surface area (TPSA) is 26.3 Å². The first-order chi connectivity index (χ1) is 7.27. The molecule has 1 aromatic carbocycles. The van der Waals surface area contributed by atoms with Gasteiger partial charge in [-0.2, -0.15) is 0 Å². The Morgan fingerprint density at radius 2 is 2.20 bits per heavy atom. The number of aryl methyl sites for hydroxylation is 1. The Morgan fingerprint density at radius 3 is 2.80 bits per heavy atom. The van der Waals surface area contributed by atoms with E-state index in [1.807, 2.05) is 6.07 Å². The summed E-state index contributed by atoms with van der Waals surface area (Å²) in [6.07, 6.45) is 4.67. The SMILES string of the molecule is COc1ccc(CCCCC=O)cc1Br. The molecular formula is C12H15BrO2. The van der Waals surface area contributed by atoms with Gasteiger partial charge < -0.3 is 9.53 Å². The van der Waals surface area contributed by atoms with Crippen LogP contribution in [0.2, 0.25) is 0 Å². The minimum absolute atomic E-state index is 0.664. The number of carbonyl (C=O) groups is 1. The van der Waals surface area contributed by atoms with Gasteiger partial charge in [-0.1, -0.05) is 6.07 Å². The van der Waals surface area contributed by atoms with E-state index in [2.05, 4.69) is 28.1 Å². The third-order valence-electron chi connectivity index (χ3n) is 2.25. The molecule has 0 N–H and O–H groups in total. The van der Waals surface area contributed by atoms with Gasteiger partial charge in [0.2, 0.25) is 0 Å². The van der Waals surface area contributed by atoms with Crippen molar-refractivity contribution in [3.63, 3.8) is 0 Å². The highest BCUT2D eigenvalue weighted by Gasteiger charge is 2.00. The standard InChI is InChI=1S/C12H15BrO2/c1-15-12-7-6-10(9-11(12)13)5-3-2-4-8-14/h6-9H,2-5H2,1H3. The lowest BCUT2D eigenvalue weighted by molar-refractivity contribution is -0.107. The van der Waals surface area contributed by atoms with Crippen molar-refractivity contribution in [3.8, 4) is 5.75 Å². The molecule has 0 spiro atoms. The summed E-state index contributed by atoms with van der Waals surface area (Å²) in [4.78, 5) is 10.1. The van der Waals surface area contributed by atoms with E-state index in [0.29, 0.717) is 6.42 Å². The van der Waals surface area contributed by atoms with E-state index >= 15 is 0 Å². The van der Waals surface area contributed by atoms with Gasteiger partial charge in [-0.25, -0.2) is 0 Å². The lowest BCUT2D eigenvalue weighted by Crippen LogP contribution is -1.89. The zero-order valence-electron chi connectivity index (χ0n) is 8.83. The van der Waals surface area contributed by atoms with Crippen LogP contribution in [0.1, 0.15) is 24.8 Å². The van der Waals surface area contributed by atoms with Gasteiger partial charge in [0, 0.05) is 6.42 Å². The van der Waals surface area contributed by atoms with E-state index in [9.17, 15) is 4.79 Å². The Labute approximate surface area is 98.8 Å². The fourth-order valence-corrected chi connectivity index (χ4v) is 2.01. The summed E-state index contributed by atoms with van der Waals surface area (Å²) < 4.78 is 6.13. The third kappa shape index (κ3) is 4.04. The van der Waals surface area contributed by atoms with E-state index in [0.717, 1.165) is 35.8 Å². The number of rotatable bonds is 6. The lowest BCUT2D eigenvalue weighted by atomic mass is 10.1. The van der Waals surface area contributed by atoms with Crippen molar-refractivity contribution in [2.45, 2.75) is 25.7 Å². The summed E-state index contributed by atoms with van der Waals surface area (Å²) in [6, 6.07) is 6.09. The van der Waals surface area contributed by atoms with Crippen LogP contribution in [0, 0.1) is 0 Å². The molecule has 0 radical (unpaired) electrons. The van der Waals surface area contributed by atoms with Gasteiger partial charge in [0.1, 0.15) is 12.0 Å². The number of methoxy groups -OCH3 is 1. The molecule has 3 heteroatoms. The average Bonchev–Trinajstić information content (AvgIpc) is 2.25. The number of hydrogen-bond donors (Lipinski definition) is 0. The van der Waals surface area contributed by atoms with Crippen LogP contribution < -0.4 is 4.74 Å². The molecule has 1 aromatic rings. The number of carbonyl (C=O) groups excluding carboxylic acids is 1. The highest BCUT2D eigenvalue weighted by atomic mass is 79.9. The van der Waals surface area contributed by atoms with Crippen molar-refractivity contribution in [2.24, 2.45) is 0 Å². The quantitative estimate of drug-likeness (QED) is 0.585. The zero-order valence-corrected chi connectivity index (χ0v) is 10.4. The predicted octanol–water partition coefficient (Wildman–Crippen LogP) is 3.37. The van der Waals surface area contributed by atoms with Crippen molar-refractivity contribution in [1.29, 1.82) is 0 Å². The van der Waals surface area contributed by atoms with Crippen LogP contribution in [-0.2, 0) is 11.2 Å². The van der Waals surface area contributed by atoms with Gasteiger partial charge in [-0.3, -0.25) is 0 Å². The van der Waals surface area contributed by atoms with Crippen molar-refractivity contribution < 1.29 is 9.53 Å². The fraction of sp³-hybridized carbons (Fsp3) is 0.417. The Morgan fingerprint density at radius 1 is 1.40 bits per heavy atom. The minimum atomic E-state index is 0.664. The number of unbranched alkanes of at least 4 members (excludes halogenated alkanes) is 2. The van der Waals surface area contributed by atoms with Crippen molar-refractivity contribution in [2.75, 3.05) is 7.11 Å². The molecule has 2 nitrogen and oxygen atoms in total.